The van der Waals surface area contributed by atoms with Crippen molar-refractivity contribution in [1.82, 2.24) is 19.8 Å². The molecule has 1 aromatic carbocycles. The monoisotopic (exact) mass is 549 g/mol. The van der Waals surface area contributed by atoms with E-state index in [1.807, 2.05) is 26.1 Å². The summed E-state index contributed by atoms with van der Waals surface area (Å²) in [4.78, 5) is 31.7. The first kappa shape index (κ1) is 28.6. The molecule has 40 heavy (non-hydrogen) atoms. The maximum absolute atomic E-state index is 12.4. The molecular weight excluding hydrogens is 502 g/mol. The summed E-state index contributed by atoms with van der Waals surface area (Å²) in [5.74, 6) is 0.557. The number of piperidine rings is 1. The maximum Gasteiger partial charge on any atom is 0.271 e. The topological polar surface area (TPSA) is 120 Å². The Morgan fingerprint density at radius 3 is 2.30 bits per heavy atom. The molecule has 1 aromatic heterocycles. The number of hydrogen-bond acceptors (Lipinski definition) is 9. The number of hydrogen-bond donors (Lipinski definition) is 3. The second kappa shape index (κ2) is 12.7. The van der Waals surface area contributed by atoms with Gasteiger partial charge >= 0.3 is 0 Å². The number of rotatable bonds is 8. The maximum atomic E-state index is 12.4. The minimum absolute atomic E-state index is 0.0941. The Hall–Kier alpha value is -2.95. The van der Waals surface area contributed by atoms with Gasteiger partial charge in [0.25, 0.3) is 5.91 Å². The minimum atomic E-state index is -0.590. The van der Waals surface area contributed by atoms with Gasteiger partial charge in [-0.1, -0.05) is 19.8 Å². The summed E-state index contributed by atoms with van der Waals surface area (Å²) in [5, 5.41) is 3.34. The number of aryl methyl sites for hydroxylation is 1. The summed E-state index contributed by atoms with van der Waals surface area (Å²) in [5.41, 5.74) is 15.2. The molecule has 5 rings (SSSR count). The predicted molar refractivity (Wildman–Crippen MR) is 163 cm³/mol. The van der Waals surface area contributed by atoms with Crippen molar-refractivity contribution in [3.8, 4) is 0 Å². The molecule has 0 unspecified atom stereocenters. The Morgan fingerprint density at radius 2 is 1.68 bits per heavy atom. The third-order valence-electron chi connectivity index (χ3n) is 9.14. The fourth-order valence-corrected chi connectivity index (χ4v) is 6.59. The molecule has 3 fully saturated rings. The molecule has 3 heterocycles. The van der Waals surface area contributed by atoms with Gasteiger partial charge in [-0.15, -0.1) is 0 Å². The first-order chi connectivity index (χ1) is 19.3. The average Bonchev–Trinajstić information content (AvgIpc) is 2.97. The zero-order valence-electron chi connectivity index (χ0n) is 24.5. The molecular formula is C30H47N9O. The molecule has 2 aromatic rings. The van der Waals surface area contributed by atoms with Crippen molar-refractivity contribution in [2.24, 2.45) is 11.5 Å². The molecule has 5 N–H and O–H groups in total. The van der Waals surface area contributed by atoms with E-state index in [4.69, 9.17) is 16.5 Å². The fourth-order valence-electron chi connectivity index (χ4n) is 6.59. The number of nitrogens with two attached hydrogens (primary N) is 2. The molecule has 2 aliphatic heterocycles. The lowest BCUT2D eigenvalue weighted by atomic mass is 9.90. The van der Waals surface area contributed by atoms with Crippen LogP contribution in [0.1, 0.15) is 61.6 Å². The second-order valence-corrected chi connectivity index (χ2v) is 11.8. The number of nitrogens with one attached hydrogen (secondary N) is 1. The van der Waals surface area contributed by atoms with E-state index in [2.05, 4.69) is 49.1 Å². The van der Waals surface area contributed by atoms with E-state index in [9.17, 15) is 4.79 Å². The van der Waals surface area contributed by atoms with Gasteiger partial charge in [-0.3, -0.25) is 9.69 Å². The normalized spacial score (nSPS) is 23.2. The number of aromatic nitrogens is 2. The highest BCUT2D eigenvalue weighted by Crippen LogP contribution is 2.30. The molecule has 2 saturated heterocycles. The molecule has 1 saturated carbocycles. The molecule has 3 aliphatic rings. The Morgan fingerprint density at radius 1 is 1.00 bits per heavy atom. The van der Waals surface area contributed by atoms with E-state index >= 15 is 0 Å². The Kier molecular flexibility index (Phi) is 9.07. The molecule has 1 aliphatic carbocycles. The van der Waals surface area contributed by atoms with Gasteiger partial charge in [-0.05, 0) is 63.4 Å². The number of primary amides is 1. The van der Waals surface area contributed by atoms with E-state index in [0.29, 0.717) is 18.3 Å². The van der Waals surface area contributed by atoms with Crippen molar-refractivity contribution in [2.45, 2.75) is 70.0 Å². The van der Waals surface area contributed by atoms with E-state index in [0.717, 1.165) is 56.0 Å². The predicted octanol–water partition coefficient (Wildman–Crippen LogP) is 2.80. The van der Waals surface area contributed by atoms with Crippen molar-refractivity contribution < 1.29 is 4.79 Å². The summed E-state index contributed by atoms with van der Waals surface area (Å²) in [7, 11) is 4.25. The van der Waals surface area contributed by atoms with Gasteiger partial charge in [-0.25, -0.2) is 9.97 Å². The van der Waals surface area contributed by atoms with E-state index in [1.165, 1.54) is 44.7 Å². The van der Waals surface area contributed by atoms with Crippen LogP contribution < -0.4 is 26.6 Å². The Balaban J connectivity index is 1.28. The lowest BCUT2D eigenvalue weighted by Crippen LogP contribution is -2.52. The largest absolute Gasteiger partial charge is 0.371 e. The highest BCUT2D eigenvalue weighted by atomic mass is 16.1. The molecule has 0 radical (unpaired) electrons. The van der Waals surface area contributed by atoms with Crippen molar-refractivity contribution in [3.05, 3.63) is 35.7 Å². The second-order valence-electron chi connectivity index (χ2n) is 11.8. The summed E-state index contributed by atoms with van der Waals surface area (Å²) >= 11 is 0. The summed E-state index contributed by atoms with van der Waals surface area (Å²) in [6.07, 6.45) is 7.40. The number of piperazine rings is 1. The van der Waals surface area contributed by atoms with Gasteiger partial charge in [0, 0.05) is 75.8 Å². The van der Waals surface area contributed by atoms with Gasteiger partial charge in [0.05, 0.1) is 5.69 Å². The van der Waals surface area contributed by atoms with Gasteiger partial charge in [-0.2, -0.15) is 0 Å². The number of nitrogens with zero attached hydrogens (tertiary/aromatic N) is 6. The first-order valence-electron chi connectivity index (χ1n) is 15.1. The van der Waals surface area contributed by atoms with Crippen LogP contribution in [0.3, 0.4) is 0 Å². The molecule has 10 heteroatoms. The number of anilines is 4. The standard InChI is InChI=1S/C30H47N9O/c1-4-25-30(37(3)26-8-6-5-7-24(26)31)35-29(27(34-25)28(32)40)33-21-9-11-22(12-10-21)38-15-13-23(14-16-38)39-19-17-36(2)18-20-39/h9-12,23-24,26H,4-8,13-20,31H2,1-3H3,(H2,32,40)(H,33,35)/t24-,26+/m0/s1. The summed E-state index contributed by atoms with van der Waals surface area (Å²) in [6, 6.07) is 9.36. The van der Waals surface area contributed by atoms with Gasteiger partial charge in [0.2, 0.25) is 0 Å². The van der Waals surface area contributed by atoms with Gasteiger partial charge < -0.3 is 31.5 Å². The van der Waals surface area contributed by atoms with Crippen LogP contribution in [0.25, 0.3) is 0 Å². The lowest BCUT2D eigenvalue weighted by molar-refractivity contribution is 0.0982. The Labute approximate surface area is 239 Å². The third kappa shape index (κ3) is 6.34. The third-order valence-corrected chi connectivity index (χ3v) is 9.14. The van der Waals surface area contributed by atoms with E-state index in [1.54, 1.807) is 0 Å². The van der Waals surface area contributed by atoms with Crippen LogP contribution in [0.5, 0.6) is 0 Å². The quantitative estimate of drug-likeness (QED) is 0.457. The minimum Gasteiger partial charge on any atom is -0.371 e. The van der Waals surface area contributed by atoms with Crippen LogP contribution in [-0.4, -0.2) is 97.2 Å². The van der Waals surface area contributed by atoms with Crippen LogP contribution >= 0.6 is 0 Å². The number of carbonyl (C=O) groups is 1. The van der Waals surface area contributed by atoms with Gasteiger partial charge in [0.15, 0.2) is 17.3 Å². The number of amides is 1. The molecule has 2 atom stereocenters. The molecule has 1 amide bonds. The van der Waals surface area contributed by atoms with Crippen LogP contribution in [-0.2, 0) is 6.42 Å². The highest BCUT2D eigenvalue weighted by Gasteiger charge is 2.30. The van der Waals surface area contributed by atoms with Gasteiger partial charge in [0.1, 0.15) is 0 Å². The van der Waals surface area contributed by atoms with Crippen molar-refractivity contribution in [1.29, 1.82) is 0 Å². The Bertz CT molecular complexity index is 1140. The average molecular weight is 550 g/mol. The van der Waals surface area contributed by atoms with Crippen LogP contribution in [0.15, 0.2) is 24.3 Å². The van der Waals surface area contributed by atoms with Crippen LogP contribution in [0, 0.1) is 0 Å². The van der Waals surface area contributed by atoms with Crippen molar-refractivity contribution in [2.75, 3.05) is 68.5 Å². The highest BCUT2D eigenvalue weighted by molar-refractivity contribution is 5.96. The first-order valence-corrected chi connectivity index (χ1v) is 15.1. The van der Waals surface area contributed by atoms with Crippen LogP contribution in [0.4, 0.5) is 23.0 Å². The number of benzene rings is 1. The molecule has 0 spiro atoms. The molecule has 0 bridgehead atoms. The van der Waals surface area contributed by atoms with E-state index in [-0.39, 0.29) is 17.8 Å². The number of likely N-dealkylation sites (N-methyl/N-ethyl adjacent to an activating group) is 2. The summed E-state index contributed by atoms with van der Waals surface area (Å²) < 4.78 is 0. The zero-order valence-corrected chi connectivity index (χ0v) is 24.5. The SMILES string of the molecule is CCc1nc(C(N)=O)c(Nc2ccc(N3CCC(N4CCN(C)CC4)CC3)cc2)nc1N(C)[C@@H]1CCCC[C@@H]1N. The molecule has 10 nitrogen and oxygen atoms in total. The molecule has 218 valence electrons. The van der Waals surface area contributed by atoms with Crippen molar-refractivity contribution >= 4 is 28.9 Å². The number of carbonyl (C=O) groups excluding carboxylic acids is 1. The zero-order chi connectivity index (χ0) is 28.2. The van der Waals surface area contributed by atoms with Crippen LogP contribution in [0.2, 0.25) is 0 Å². The summed E-state index contributed by atoms with van der Waals surface area (Å²) in [6.45, 7) is 8.86. The lowest BCUT2D eigenvalue weighted by Gasteiger charge is -2.42. The van der Waals surface area contributed by atoms with E-state index < -0.39 is 5.91 Å². The smallest absolute Gasteiger partial charge is 0.271 e. The van der Waals surface area contributed by atoms with Crippen molar-refractivity contribution in [3.63, 3.8) is 0 Å². The fraction of sp³-hybridized carbons (Fsp3) is 0.633.